The van der Waals surface area contributed by atoms with Crippen LogP contribution in [0.1, 0.15) is 33.6 Å². The summed E-state index contributed by atoms with van der Waals surface area (Å²) in [6, 6.07) is 4.16. The summed E-state index contributed by atoms with van der Waals surface area (Å²) >= 11 is 0. The van der Waals surface area contributed by atoms with Crippen LogP contribution in [0, 0.1) is 5.82 Å². The van der Waals surface area contributed by atoms with E-state index in [-0.39, 0.29) is 18.0 Å². The normalized spacial score (nSPS) is 20.8. The van der Waals surface area contributed by atoms with E-state index in [0.29, 0.717) is 24.3 Å². The van der Waals surface area contributed by atoms with Crippen molar-refractivity contribution in [3.05, 3.63) is 24.0 Å². The van der Waals surface area contributed by atoms with E-state index in [9.17, 15) is 9.18 Å². The molecule has 1 aromatic carbocycles. The Bertz CT molecular complexity index is 535. The van der Waals surface area contributed by atoms with Gasteiger partial charge in [0.1, 0.15) is 17.5 Å². The summed E-state index contributed by atoms with van der Waals surface area (Å²) in [5.41, 5.74) is -0.515. The summed E-state index contributed by atoms with van der Waals surface area (Å²) in [5.74, 6) is 0.492. The number of methoxy groups -OCH3 is 1. The second-order valence-electron chi connectivity index (χ2n) is 6.35. The maximum atomic E-state index is 13.3. The minimum Gasteiger partial charge on any atom is -0.493 e. The average molecular weight is 311 g/mol. The van der Waals surface area contributed by atoms with Gasteiger partial charge in [0.05, 0.1) is 7.11 Å². The molecule has 0 atom stereocenters. The number of carbonyl (C=O) groups is 1. The minimum atomic E-state index is -0.515. The molecule has 0 aliphatic heterocycles. The molecule has 0 bridgehead atoms. The van der Waals surface area contributed by atoms with Crippen LogP contribution in [0.15, 0.2) is 18.2 Å². The summed E-state index contributed by atoms with van der Waals surface area (Å²) < 4.78 is 29.3. The van der Waals surface area contributed by atoms with Gasteiger partial charge in [-0.05, 0) is 32.9 Å². The standard InChI is InChI=1S/C16H22FNO4/c1-16(2,3)22-15(19)18-11-8-12(9-11)21-14-7-10(17)5-6-13(14)20-4/h5-7,11-12H,8-9H2,1-4H3,(H,18,19)/t11-,12-. The summed E-state index contributed by atoms with van der Waals surface area (Å²) in [6.45, 7) is 5.44. The van der Waals surface area contributed by atoms with Crippen molar-refractivity contribution < 1.29 is 23.4 Å². The smallest absolute Gasteiger partial charge is 0.407 e. The predicted octanol–water partition coefficient (Wildman–Crippen LogP) is 3.27. The Morgan fingerprint density at radius 3 is 2.55 bits per heavy atom. The SMILES string of the molecule is COc1ccc(F)cc1O[C@H]1C[C@H](NC(=O)OC(C)(C)C)C1. The first-order valence-corrected chi connectivity index (χ1v) is 7.26. The lowest BCUT2D eigenvalue weighted by molar-refractivity contribution is 0.0357. The van der Waals surface area contributed by atoms with Crippen LogP contribution >= 0.6 is 0 Å². The molecule has 0 aromatic heterocycles. The molecule has 2 rings (SSSR count). The number of ether oxygens (including phenoxy) is 3. The molecule has 0 radical (unpaired) electrons. The number of hydrogen-bond donors (Lipinski definition) is 1. The lowest BCUT2D eigenvalue weighted by Gasteiger charge is -2.36. The number of amides is 1. The zero-order valence-electron chi connectivity index (χ0n) is 13.3. The molecule has 22 heavy (non-hydrogen) atoms. The van der Waals surface area contributed by atoms with Crippen molar-refractivity contribution in [3.8, 4) is 11.5 Å². The van der Waals surface area contributed by atoms with Crippen molar-refractivity contribution in [2.75, 3.05) is 7.11 Å². The third-order valence-corrected chi connectivity index (χ3v) is 3.23. The molecule has 1 saturated carbocycles. The van der Waals surface area contributed by atoms with Crippen molar-refractivity contribution >= 4 is 6.09 Å². The summed E-state index contributed by atoms with van der Waals surface area (Å²) in [7, 11) is 1.51. The van der Waals surface area contributed by atoms with Gasteiger partial charge in [-0.15, -0.1) is 0 Å². The molecule has 0 spiro atoms. The van der Waals surface area contributed by atoms with Crippen molar-refractivity contribution in [1.82, 2.24) is 5.32 Å². The molecule has 1 aliphatic carbocycles. The van der Waals surface area contributed by atoms with E-state index < -0.39 is 11.7 Å². The quantitative estimate of drug-likeness (QED) is 0.927. The molecular weight excluding hydrogens is 289 g/mol. The van der Waals surface area contributed by atoms with E-state index in [1.54, 1.807) is 0 Å². The van der Waals surface area contributed by atoms with Crippen LogP contribution in [-0.4, -0.2) is 30.9 Å². The highest BCUT2D eigenvalue weighted by atomic mass is 19.1. The Hall–Kier alpha value is -1.98. The molecule has 5 nitrogen and oxygen atoms in total. The molecular formula is C16H22FNO4. The number of rotatable bonds is 4. The number of alkyl carbamates (subject to hydrolysis) is 1. The third kappa shape index (κ3) is 4.51. The molecule has 0 saturated heterocycles. The Labute approximate surface area is 129 Å². The Morgan fingerprint density at radius 2 is 1.95 bits per heavy atom. The van der Waals surface area contributed by atoms with Crippen molar-refractivity contribution in [2.45, 2.75) is 51.4 Å². The second kappa shape index (κ2) is 6.42. The highest BCUT2D eigenvalue weighted by Crippen LogP contribution is 2.33. The van der Waals surface area contributed by atoms with Gasteiger partial charge in [-0.3, -0.25) is 0 Å². The van der Waals surface area contributed by atoms with Crippen LogP contribution < -0.4 is 14.8 Å². The van der Waals surface area contributed by atoms with Gasteiger partial charge in [0, 0.05) is 24.9 Å². The van der Waals surface area contributed by atoms with Crippen LogP contribution in [0.2, 0.25) is 0 Å². The van der Waals surface area contributed by atoms with Crippen LogP contribution in [0.4, 0.5) is 9.18 Å². The van der Waals surface area contributed by atoms with Gasteiger partial charge in [0.2, 0.25) is 0 Å². The van der Waals surface area contributed by atoms with E-state index in [4.69, 9.17) is 14.2 Å². The number of hydrogen-bond acceptors (Lipinski definition) is 4. The monoisotopic (exact) mass is 311 g/mol. The summed E-state index contributed by atoms with van der Waals surface area (Å²) in [4.78, 5) is 11.6. The lowest BCUT2D eigenvalue weighted by Crippen LogP contribution is -2.50. The van der Waals surface area contributed by atoms with Crippen LogP contribution in [-0.2, 0) is 4.74 Å². The summed E-state index contributed by atoms with van der Waals surface area (Å²) in [6.07, 6.45) is 0.799. The van der Waals surface area contributed by atoms with Gasteiger partial charge in [-0.2, -0.15) is 0 Å². The number of benzene rings is 1. The Kier molecular flexibility index (Phi) is 4.78. The maximum Gasteiger partial charge on any atom is 0.407 e. The van der Waals surface area contributed by atoms with Gasteiger partial charge in [0.25, 0.3) is 0 Å². The lowest BCUT2D eigenvalue weighted by atomic mass is 9.89. The number of carbonyl (C=O) groups excluding carboxylic acids is 1. The van der Waals surface area contributed by atoms with Gasteiger partial charge in [-0.1, -0.05) is 0 Å². The Balaban J connectivity index is 1.80. The highest BCUT2D eigenvalue weighted by molar-refractivity contribution is 5.68. The fourth-order valence-corrected chi connectivity index (χ4v) is 2.18. The van der Waals surface area contributed by atoms with Crippen molar-refractivity contribution in [3.63, 3.8) is 0 Å². The zero-order chi connectivity index (χ0) is 16.3. The fourth-order valence-electron chi connectivity index (χ4n) is 2.18. The van der Waals surface area contributed by atoms with E-state index in [2.05, 4.69) is 5.32 Å². The number of halogens is 1. The van der Waals surface area contributed by atoms with Crippen LogP contribution in [0.25, 0.3) is 0 Å². The zero-order valence-corrected chi connectivity index (χ0v) is 13.3. The van der Waals surface area contributed by atoms with Gasteiger partial charge < -0.3 is 19.5 Å². The number of nitrogens with one attached hydrogen (secondary N) is 1. The molecule has 0 unspecified atom stereocenters. The molecule has 122 valence electrons. The second-order valence-corrected chi connectivity index (χ2v) is 6.35. The molecule has 1 fully saturated rings. The van der Waals surface area contributed by atoms with E-state index in [0.717, 1.165) is 0 Å². The van der Waals surface area contributed by atoms with Gasteiger partial charge in [-0.25, -0.2) is 9.18 Å². The minimum absolute atomic E-state index is 0.0133. The Morgan fingerprint density at radius 1 is 1.27 bits per heavy atom. The topological polar surface area (TPSA) is 56.8 Å². The van der Waals surface area contributed by atoms with Crippen LogP contribution in [0.3, 0.4) is 0 Å². The maximum absolute atomic E-state index is 13.3. The summed E-state index contributed by atoms with van der Waals surface area (Å²) in [5, 5.41) is 2.78. The highest BCUT2D eigenvalue weighted by Gasteiger charge is 2.33. The first-order valence-electron chi connectivity index (χ1n) is 7.26. The molecule has 1 N–H and O–H groups in total. The van der Waals surface area contributed by atoms with Crippen LogP contribution in [0.5, 0.6) is 11.5 Å². The van der Waals surface area contributed by atoms with Gasteiger partial charge in [0.15, 0.2) is 11.5 Å². The largest absolute Gasteiger partial charge is 0.493 e. The predicted molar refractivity (Wildman–Crippen MR) is 79.8 cm³/mol. The molecule has 1 amide bonds. The molecule has 1 aromatic rings. The van der Waals surface area contributed by atoms with Gasteiger partial charge >= 0.3 is 6.09 Å². The van der Waals surface area contributed by atoms with E-state index in [1.807, 2.05) is 20.8 Å². The first-order chi connectivity index (χ1) is 10.3. The van der Waals surface area contributed by atoms with E-state index in [1.165, 1.54) is 25.3 Å². The molecule has 1 aliphatic rings. The third-order valence-electron chi connectivity index (χ3n) is 3.23. The molecule has 6 heteroatoms. The fraction of sp³-hybridized carbons (Fsp3) is 0.562. The van der Waals surface area contributed by atoms with Crippen molar-refractivity contribution in [1.29, 1.82) is 0 Å². The van der Waals surface area contributed by atoms with E-state index >= 15 is 0 Å². The first kappa shape index (κ1) is 16.4. The van der Waals surface area contributed by atoms with Crippen molar-refractivity contribution in [2.24, 2.45) is 0 Å². The average Bonchev–Trinajstić information content (AvgIpc) is 2.34. The molecule has 0 heterocycles.